The van der Waals surface area contributed by atoms with Gasteiger partial charge in [0.15, 0.2) is 0 Å². The Balaban J connectivity index is 1.69. The van der Waals surface area contributed by atoms with Gasteiger partial charge in [-0.2, -0.15) is 4.31 Å². The fourth-order valence-electron chi connectivity index (χ4n) is 2.98. The fraction of sp³-hybridized carbons (Fsp3) is 0.316. The average molecular weight is 410 g/mol. The van der Waals surface area contributed by atoms with Crippen LogP contribution in [0.15, 0.2) is 53.4 Å². The number of esters is 1. The minimum Gasteiger partial charge on any atom is -0.497 e. The Bertz CT molecular complexity index is 897. The van der Waals surface area contributed by atoms with Gasteiger partial charge in [0.05, 0.1) is 12.0 Å². The van der Waals surface area contributed by atoms with Crippen LogP contribution in [0.5, 0.6) is 5.75 Å². The van der Waals surface area contributed by atoms with Gasteiger partial charge in [0.25, 0.3) is 0 Å². The van der Waals surface area contributed by atoms with Gasteiger partial charge in [-0.05, 0) is 54.8 Å². The Kier molecular flexibility index (Phi) is 6.04. The smallest absolute Gasteiger partial charge is 0.324 e. The van der Waals surface area contributed by atoms with Gasteiger partial charge in [0, 0.05) is 11.6 Å². The summed E-state index contributed by atoms with van der Waals surface area (Å²) in [5.74, 6) is 0.168. The SMILES string of the molecule is COc1ccc(COC(=O)[C@@H]2CCCN2S(=O)(=O)c2ccc(Cl)cc2)cc1. The summed E-state index contributed by atoms with van der Waals surface area (Å²) in [6.07, 6.45) is 1.05. The predicted molar refractivity (Wildman–Crippen MR) is 101 cm³/mol. The van der Waals surface area contributed by atoms with Gasteiger partial charge in [-0.3, -0.25) is 4.79 Å². The van der Waals surface area contributed by atoms with Crippen molar-refractivity contribution < 1.29 is 22.7 Å². The van der Waals surface area contributed by atoms with E-state index in [1.807, 2.05) is 0 Å². The second-order valence-corrected chi connectivity index (χ2v) is 8.51. The van der Waals surface area contributed by atoms with Crippen LogP contribution in [0, 0.1) is 0 Å². The molecule has 0 spiro atoms. The molecular weight excluding hydrogens is 390 g/mol. The molecule has 1 aliphatic rings. The molecule has 0 unspecified atom stereocenters. The van der Waals surface area contributed by atoms with E-state index in [0.717, 1.165) is 5.56 Å². The lowest BCUT2D eigenvalue weighted by atomic mass is 10.2. The van der Waals surface area contributed by atoms with Gasteiger partial charge < -0.3 is 9.47 Å². The van der Waals surface area contributed by atoms with Crippen molar-refractivity contribution in [2.75, 3.05) is 13.7 Å². The van der Waals surface area contributed by atoms with Gasteiger partial charge in [0.1, 0.15) is 18.4 Å². The number of hydrogen-bond donors (Lipinski definition) is 0. The Morgan fingerprint density at radius 1 is 1.15 bits per heavy atom. The summed E-state index contributed by atoms with van der Waals surface area (Å²) in [6.45, 7) is 0.363. The van der Waals surface area contributed by atoms with Crippen molar-refractivity contribution >= 4 is 27.6 Å². The lowest BCUT2D eigenvalue weighted by molar-refractivity contribution is -0.148. The van der Waals surface area contributed by atoms with Gasteiger partial charge in [-0.15, -0.1) is 0 Å². The van der Waals surface area contributed by atoms with Crippen molar-refractivity contribution in [2.24, 2.45) is 0 Å². The van der Waals surface area contributed by atoms with E-state index in [0.29, 0.717) is 23.6 Å². The summed E-state index contributed by atoms with van der Waals surface area (Å²) in [5.41, 5.74) is 0.800. The Morgan fingerprint density at radius 2 is 1.81 bits per heavy atom. The topological polar surface area (TPSA) is 72.9 Å². The first-order valence-corrected chi connectivity index (χ1v) is 10.3. The lowest BCUT2D eigenvalue weighted by Crippen LogP contribution is -2.41. The number of carbonyl (C=O) groups is 1. The molecule has 0 saturated carbocycles. The Hall–Kier alpha value is -2.09. The molecule has 144 valence electrons. The zero-order chi connectivity index (χ0) is 19.4. The molecule has 27 heavy (non-hydrogen) atoms. The van der Waals surface area contributed by atoms with E-state index in [4.69, 9.17) is 21.1 Å². The highest BCUT2D eigenvalue weighted by molar-refractivity contribution is 7.89. The maximum atomic E-state index is 12.9. The Labute approximate surface area is 163 Å². The van der Waals surface area contributed by atoms with Crippen LogP contribution in [0.25, 0.3) is 0 Å². The molecule has 1 saturated heterocycles. The zero-order valence-corrected chi connectivity index (χ0v) is 16.4. The monoisotopic (exact) mass is 409 g/mol. The lowest BCUT2D eigenvalue weighted by Gasteiger charge is -2.22. The molecule has 0 bridgehead atoms. The third-order valence-electron chi connectivity index (χ3n) is 4.44. The van der Waals surface area contributed by atoms with Crippen molar-refractivity contribution in [3.63, 3.8) is 0 Å². The number of carbonyl (C=O) groups excluding carboxylic acids is 1. The average Bonchev–Trinajstić information content (AvgIpc) is 3.18. The molecule has 0 N–H and O–H groups in total. The second-order valence-electron chi connectivity index (χ2n) is 6.18. The summed E-state index contributed by atoms with van der Waals surface area (Å²) in [4.78, 5) is 12.6. The van der Waals surface area contributed by atoms with E-state index in [1.165, 1.54) is 28.6 Å². The van der Waals surface area contributed by atoms with Crippen molar-refractivity contribution in [3.8, 4) is 5.75 Å². The van der Waals surface area contributed by atoms with Crippen LogP contribution < -0.4 is 4.74 Å². The van der Waals surface area contributed by atoms with E-state index in [1.54, 1.807) is 31.4 Å². The van der Waals surface area contributed by atoms with Crippen LogP contribution in [-0.2, 0) is 26.2 Å². The molecule has 1 fully saturated rings. The summed E-state index contributed by atoms with van der Waals surface area (Å²) in [5, 5.41) is 0.450. The quantitative estimate of drug-likeness (QED) is 0.685. The van der Waals surface area contributed by atoms with Crippen LogP contribution >= 0.6 is 11.6 Å². The molecule has 1 atom stereocenters. The van der Waals surface area contributed by atoms with Crippen LogP contribution in [0.2, 0.25) is 5.02 Å². The van der Waals surface area contributed by atoms with Gasteiger partial charge >= 0.3 is 5.97 Å². The number of nitrogens with zero attached hydrogens (tertiary/aromatic N) is 1. The largest absolute Gasteiger partial charge is 0.497 e. The molecular formula is C19H20ClNO5S. The number of sulfonamides is 1. The molecule has 6 nitrogen and oxygen atoms in total. The highest BCUT2D eigenvalue weighted by Crippen LogP contribution is 2.28. The van der Waals surface area contributed by atoms with E-state index >= 15 is 0 Å². The zero-order valence-electron chi connectivity index (χ0n) is 14.8. The normalized spacial score (nSPS) is 17.6. The summed E-state index contributed by atoms with van der Waals surface area (Å²) >= 11 is 5.83. The fourth-order valence-corrected chi connectivity index (χ4v) is 4.75. The highest BCUT2D eigenvalue weighted by Gasteiger charge is 2.40. The number of rotatable bonds is 6. The minimum atomic E-state index is -3.78. The number of halogens is 1. The van der Waals surface area contributed by atoms with E-state index in [2.05, 4.69) is 0 Å². The van der Waals surface area contributed by atoms with Crippen LogP contribution in [-0.4, -0.2) is 38.4 Å². The maximum absolute atomic E-state index is 12.9. The highest BCUT2D eigenvalue weighted by atomic mass is 35.5. The number of hydrogen-bond acceptors (Lipinski definition) is 5. The van der Waals surface area contributed by atoms with Crippen LogP contribution in [0.3, 0.4) is 0 Å². The first-order valence-electron chi connectivity index (χ1n) is 8.49. The van der Waals surface area contributed by atoms with Crippen molar-refractivity contribution in [1.82, 2.24) is 4.31 Å². The van der Waals surface area contributed by atoms with Crippen molar-refractivity contribution in [1.29, 1.82) is 0 Å². The van der Waals surface area contributed by atoms with Crippen molar-refractivity contribution in [3.05, 3.63) is 59.1 Å². The van der Waals surface area contributed by atoms with Crippen molar-refractivity contribution in [2.45, 2.75) is 30.4 Å². The molecule has 0 amide bonds. The summed E-state index contributed by atoms with van der Waals surface area (Å²) in [6, 6.07) is 12.2. The number of benzene rings is 2. The summed E-state index contributed by atoms with van der Waals surface area (Å²) < 4.78 is 37.4. The molecule has 1 aliphatic heterocycles. The molecule has 0 aromatic heterocycles. The van der Waals surface area contributed by atoms with E-state index < -0.39 is 22.0 Å². The second kappa shape index (κ2) is 8.29. The molecule has 2 aromatic carbocycles. The van der Waals surface area contributed by atoms with Crippen LogP contribution in [0.1, 0.15) is 18.4 Å². The van der Waals surface area contributed by atoms with E-state index in [9.17, 15) is 13.2 Å². The molecule has 1 heterocycles. The number of methoxy groups -OCH3 is 1. The van der Waals surface area contributed by atoms with Gasteiger partial charge in [-0.1, -0.05) is 23.7 Å². The Morgan fingerprint density at radius 3 is 2.44 bits per heavy atom. The van der Waals surface area contributed by atoms with Gasteiger partial charge in [0.2, 0.25) is 10.0 Å². The molecule has 3 rings (SSSR count). The third kappa shape index (κ3) is 4.43. The predicted octanol–water partition coefficient (Wildman–Crippen LogP) is 3.25. The molecule has 0 radical (unpaired) electrons. The molecule has 0 aliphatic carbocycles. The summed E-state index contributed by atoms with van der Waals surface area (Å²) in [7, 11) is -2.21. The third-order valence-corrected chi connectivity index (χ3v) is 6.61. The maximum Gasteiger partial charge on any atom is 0.324 e. The minimum absolute atomic E-state index is 0.0775. The van der Waals surface area contributed by atoms with Crippen LogP contribution in [0.4, 0.5) is 0 Å². The van der Waals surface area contributed by atoms with E-state index in [-0.39, 0.29) is 18.0 Å². The standard InChI is InChI=1S/C19H20ClNO5S/c1-25-16-8-4-14(5-9-16)13-26-19(22)18-3-2-12-21(18)27(23,24)17-10-6-15(20)7-11-17/h4-11,18H,2-3,12-13H2,1H3/t18-/m0/s1. The molecule has 8 heteroatoms. The first-order chi connectivity index (χ1) is 12.9. The van der Waals surface area contributed by atoms with Gasteiger partial charge in [-0.25, -0.2) is 8.42 Å². The number of ether oxygens (including phenoxy) is 2. The first kappa shape index (κ1) is 19.7. The molecule has 2 aromatic rings.